The lowest BCUT2D eigenvalue weighted by Crippen LogP contribution is -2.31. The lowest BCUT2D eigenvalue weighted by Gasteiger charge is -2.19. The van der Waals surface area contributed by atoms with Crippen LogP contribution >= 0.6 is 15.9 Å². The van der Waals surface area contributed by atoms with E-state index in [0.717, 1.165) is 26.9 Å². The molecule has 0 spiro atoms. The first-order valence-corrected chi connectivity index (χ1v) is 9.83. The molecule has 0 saturated carbocycles. The van der Waals surface area contributed by atoms with Crippen LogP contribution in [0.5, 0.6) is 0 Å². The summed E-state index contributed by atoms with van der Waals surface area (Å²) in [6, 6.07) is 15.8. The number of esters is 1. The molecule has 0 amide bonds. The van der Waals surface area contributed by atoms with Gasteiger partial charge in [0.2, 0.25) is 5.89 Å². The number of benzene rings is 2. The Morgan fingerprint density at radius 2 is 1.71 bits per heavy atom. The highest BCUT2D eigenvalue weighted by Gasteiger charge is 2.15. The number of aromatic nitrogens is 1. The molecule has 1 N–H and O–H groups in total. The van der Waals surface area contributed by atoms with Crippen molar-refractivity contribution in [1.82, 2.24) is 10.3 Å². The SMILES string of the molecule is CC(C)(C)OC(=O)CNCc1ccc(-c2coc(-c3ccc(Br)cc3)n2)cc1. The summed E-state index contributed by atoms with van der Waals surface area (Å²) in [5, 5.41) is 3.10. The van der Waals surface area contributed by atoms with E-state index in [-0.39, 0.29) is 12.5 Å². The predicted octanol–water partition coefficient (Wildman–Crippen LogP) is 5.20. The standard InChI is InChI=1S/C22H23BrN2O3/c1-22(2,3)28-20(26)13-24-12-15-4-6-16(7-5-15)19-14-27-21(25-19)17-8-10-18(23)11-9-17/h4-11,14,24H,12-13H2,1-3H3. The molecule has 0 bridgehead atoms. The Balaban J connectivity index is 1.57. The number of halogens is 1. The number of hydrogen-bond acceptors (Lipinski definition) is 5. The second-order valence-electron chi connectivity index (χ2n) is 7.43. The Kier molecular flexibility index (Phi) is 6.31. The van der Waals surface area contributed by atoms with Crippen LogP contribution in [0, 0.1) is 0 Å². The molecule has 146 valence electrons. The zero-order valence-corrected chi connectivity index (χ0v) is 17.7. The fraction of sp³-hybridized carbons (Fsp3) is 0.273. The van der Waals surface area contributed by atoms with Crippen molar-refractivity contribution in [2.75, 3.05) is 6.54 Å². The van der Waals surface area contributed by atoms with Crippen molar-refractivity contribution in [3.63, 3.8) is 0 Å². The number of ether oxygens (including phenoxy) is 1. The Morgan fingerprint density at radius 1 is 1.07 bits per heavy atom. The number of rotatable bonds is 6. The summed E-state index contributed by atoms with van der Waals surface area (Å²) in [7, 11) is 0. The molecule has 3 aromatic rings. The van der Waals surface area contributed by atoms with Gasteiger partial charge in [0.15, 0.2) is 0 Å². The quantitative estimate of drug-likeness (QED) is 0.531. The monoisotopic (exact) mass is 442 g/mol. The molecule has 5 nitrogen and oxygen atoms in total. The van der Waals surface area contributed by atoms with Crippen molar-refractivity contribution < 1.29 is 13.9 Å². The van der Waals surface area contributed by atoms with E-state index in [0.29, 0.717) is 12.4 Å². The van der Waals surface area contributed by atoms with Gasteiger partial charge < -0.3 is 14.5 Å². The third-order valence-corrected chi connectivity index (χ3v) is 4.39. The van der Waals surface area contributed by atoms with E-state index in [4.69, 9.17) is 9.15 Å². The van der Waals surface area contributed by atoms with Crippen molar-refractivity contribution in [2.45, 2.75) is 32.9 Å². The highest BCUT2D eigenvalue weighted by molar-refractivity contribution is 9.10. The number of carbonyl (C=O) groups is 1. The lowest BCUT2D eigenvalue weighted by molar-refractivity contribution is -0.153. The van der Waals surface area contributed by atoms with Gasteiger partial charge in [0.05, 0.1) is 6.54 Å². The first-order valence-electron chi connectivity index (χ1n) is 9.03. The molecule has 1 heterocycles. The van der Waals surface area contributed by atoms with Crippen LogP contribution in [0.4, 0.5) is 0 Å². The van der Waals surface area contributed by atoms with Gasteiger partial charge in [-0.3, -0.25) is 4.79 Å². The summed E-state index contributed by atoms with van der Waals surface area (Å²) in [6.07, 6.45) is 1.66. The van der Waals surface area contributed by atoms with Crippen LogP contribution in [-0.2, 0) is 16.1 Å². The molecule has 6 heteroatoms. The zero-order valence-electron chi connectivity index (χ0n) is 16.2. The maximum Gasteiger partial charge on any atom is 0.320 e. The van der Waals surface area contributed by atoms with E-state index < -0.39 is 5.60 Å². The van der Waals surface area contributed by atoms with Crippen molar-refractivity contribution >= 4 is 21.9 Å². The van der Waals surface area contributed by atoms with Crippen molar-refractivity contribution in [3.8, 4) is 22.7 Å². The number of hydrogen-bond donors (Lipinski definition) is 1. The number of nitrogens with zero attached hydrogens (tertiary/aromatic N) is 1. The van der Waals surface area contributed by atoms with Gasteiger partial charge in [0, 0.05) is 22.1 Å². The summed E-state index contributed by atoms with van der Waals surface area (Å²) < 4.78 is 11.9. The van der Waals surface area contributed by atoms with E-state index in [2.05, 4.69) is 26.2 Å². The Hall–Kier alpha value is -2.44. The molecule has 0 saturated heterocycles. The normalized spacial score (nSPS) is 11.4. The summed E-state index contributed by atoms with van der Waals surface area (Å²) in [4.78, 5) is 16.3. The zero-order chi connectivity index (χ0) is 20.1. The molecule has 3 rings (SSSR count). The van der Waals surface area contributed by atoms with Gasteiger partial charge in [-0.15, -0.1) is 0 Å². The predicted molar refractivity (Wildman–Crippen MR) is 113 cm³/mol. The van der Waals surface area contributed by atoms with Crippen molar-refractivity contribution in [1.29, 1.82) is 0 Å². The van der Waals surface area contributed by atoms with Gasteiger partial charge in [-0.2, -0.15) is 0 Å². The highest BCUT2D eigenvalue weighted by Crippen LogP contribution is 2.26. The summed E-state index contributed by atoms with van der Waals surface area (Å²) in [6.45, 7) is 6.34. The minimum absolute atomic E-state index is 0.179. The Bertz CT molecular complexity index is 926. The minimum Gasteiger partial charge on any atom is -0.459 e. The smallest absolute Gasteiger partial charge is 0.320 e. The van der Waals surface area contributed by atoms with Gasteiger partial charge >= 0.3 is 5.97 Å². The fourth-order valence-electron chi connectivity index (χ4n) is 2.61. The van der Waals surface area contributed by atoms with Crippen molar-refractivity contribution in [3.05, 3.63) is 64.8 Å². The maximum atomic E-state index is 11.7. The fourth-order valence-corrected chi connectivity index (χ4v) is 2.88. The summed E-state index contributed by atoms with van der Waals surface area (Å²) in [5.41, 5.74) is 3.29. The van der Waals surface area contributed by atoms with Gasteiger partial charge in [-0.05, 0) is 50.6 Å². The molecular weight excluding hydrogens is 420 g/mol. The second-order valence-corrected chi connectivity index (χ2v) is 8.35. The lowest BCUT2D eigenvalue weighted by atomic mass is 10.1. The van der Waals surface area contributed by atoms with E-state index in [1.165, 1.54) is 0 Å². The average molecular weight is 443 g/mol. The molecule has 0 aliphatic heterocycles. The van der Waals surface area contributed by atoms with E-state index in [1.54, 1.807) is 6.26 Å². The Labute approximate surface area is 173 Å². The van der Waals surface area contributed by atoms with Crippen LogP contribution in [0.1, 0.15) is 26.3 Å². The van der Waals surface area contributed by atoms with Crippen LogP contribution in [0.15, 0.2) is 63.7 Å². The van der Waals surface area contributed by atoms with Crippen LogP contribution in [0.25, 0.3) is 22.7 Å². The highest BCUT2D eigenvalue weighted by atomic mass is 79.9. The van der Waals surface area contributed by atoms with Gasteiger partial charge in [0.25, 0.3) is 0 Å². The summed E-state index contributed by atoms with van der Waals surface area (Å²) >= 11 is 3.42. The molecule has 28 heavy (non-hydrogen) atoms. The van der Waals surface area contributed by atoms with Crippen LogP contribution in [0.2, 0.25) is 0 Å². The van der Waals surface area contributed by atoms with E-state index >= 15 is 0 Å². The Morgan fingerprint density at radius 3 is 2.36 bits per heavy atom. The van der Waals surface area contributed by atoms with Crippen LogP contribution in [-0.4, -0.2) is 23.1 Å². The molecule has 0 aliphatic rings. The van der Waals surface area contributed by atoms with Crippen molar-refractivity contribution in [2.24, 2.45) is 0 Å². The van der Waals surface area contributed by atoms with Gasteiger partial charge in [-0.1, -0.05) is 40.2 Å². The number of nitrogens with one attached hydrogen (secondary N) is 1. The first kappa shape index (κ1) is 20.3. The van der Waals surface area contributed by atoms with Crippen LogP contribution in [0.3, 0.4) is 0 Å². The largest absolute Gasteiger partial charge is 0.459 e. The minimum atomic E-state index is -0.465. The number of carbonyl (C=O) groups excluding carboxylic acids is 1. The molecule has 0 radical (unpaired) electrons. The topological polar surface area (TPSA) is 64.4 Å². The first-order chi connectivity index (χ1) is 13.3. The molecule has 0 fully saturated rings. The van der Waals surface area contributed by atoms with Gasteiger partial charge in [0.1, 0.15) is 17.6 Å². The molecule has 1 aromatic heterocycles. The van der Waals surface area contributed by atoms with E-state index in [9.17, 15) is 4.79 Å². The molecular formula is C22H23BrN2O3. The van der Waals surface area contributed by atoms with Gasteiger partial charge in [-0.25, -0.2) is 4.98 Å². The third kappa shape index (κ3) is 5.78. The average Bonchev–Trinajstić information content (AvgIpc) is 3.11. The van der Waals surface area contributed by atoms with E-state index in [1.807, 2.05) is 69.3 Å². The molecule has 0 aliphatic carbocycles. The maximum absolute atomic E-state index is 11.7. The second kappa shape index (κ2) is 8.71. The molecule has 0 unspecified atom stereocenters. The number of oxazole rings is 1. The molecule has 0 atom stereocenters. The summed E-state index contributed by atoms with van der Waals surface area (Å²) in [5.74, 6) is 0.331. The molecule has 2 aromatic carbocycles. The third-order valence-electron chi connectivity index (χ3n) is 3.86. The van der Waals surface area contributed by atoms with Crippen LogP contribution < -0.4 is 5.32 Å².